The molecule has 1 amide bonds. The first kappa shape index (κ1) is 17.0. The Morgan fingerprint density at radius 2 is 1.95 bits per heavy atom. The van der Waals surface area contributed by atoms with Crippen molar-refractivity contribution in [2.75, 3.05) is 13.1 Å². The van der Waals surface area contributed by atoms with Gasteiger partial charge in [0.25, 0.3) is 0 Å². The topological polar surface area (TPSA) is 32.3 Å². The number of aryl methyl sites for hydroxylation is 1. The van der Waals surface area contributed by atoms with Crippen LogP contribution < -0.4 is 5.32 Å². The van der Waals surface area contributed by atoms with E-state index in [-0.39, 0.29) is 5.91 Å². The molecule has 118 valence electrons. The van der Waals surface area contributed by atoms with Crippen LogP contribution in [-0.4, -0.2) is 23.9 Å². The number of likely N-dealkylation sites (N-methyl/N-ethyl adjacent to an activating group) is 1. The summed E-state index contributed by atoms with van der Waals surface area (Å²) in [7, 11) is 0. The number of halogens is 1. The number of hydrogen-bond acceptors (Lipinski definition) is 3. The van der Waals surface area contributed by atoms with Gasteiger partial charge in [-0.15, -0.1) is 11.3 Å². The van der Waals surface area contributed by atoms with Crippen LogP contribution in [0.4, 0.5) is 0 Å². The van der Waals surface area contributed by atoms with E-state index < -0.39 is 0 Å². The molecule has 0 bridgehead atoms. The van der Waals surface area contributed by atoms with Gasteiger partial charge >= 0.3 is 0 Å². The lowest BCUT2D eigenvalue weighted by Gasteiger charge is -2.19. The second kappa shape index (κ2) is 8.32. The molecule has 0 spiro atoms. The van der Waals surface area contributed by atoms with Crippen LogP contribution in [0.5, 0.6) is 0 Å². The number of carbonyl (C=O) groups excluding carboxylic acids is 1. The minimum atomic E-state index is 0.0464. The second-order valence-corrected chi connectivity index (χ2v) is 7.07. The van der Waals surface area contributed by atoms with Crippen LogP contribution in [0.25, 0.3) is 0 Å². The Morgan fingerprint density at radius 1 is 1.23 bits per heavy atom. The van der Waals surface area contributed by atoms with Crippen molar-refractivity contribution in [2.24, 2.45) is 0 Å². The number of hydrogen-bond donors (Lipinski definition) is 1. The van der Waals surface area contributed by atoms with Crippen molar-refractivity contribution in [2.45, 2.75) is 26.9 Å². The van der Waals surface area contributed by atoms with Crippen LogP contribution in [0, 0.1) is 6.92 Å². The highest BCUT2D eigenvalue weighted by molar-refractivity contribution is 7.16. The summed E-state index contributed by atoms with van der Waals surface area (Å²) in [6, 6.07) is 12.1. The molecule has 1 heterocycles. The molecule has 0 saturated carbocycles. The molecule has 0 saturated heterocycles. The number of amides is 1. The fourth-order valence-corrected chi connectivity index (χ4v) is 3.23. The van der Waals surface area contributed by atoms with Crippen molar-refractivity contribution in [3.63, 3.8) is 0 Å². The Morgan fingerprint density at radius 3 is 2.55 bits per heavy atom. The predicted molar refractivity (Wildman–Crippen MR) is 93.3 cm³/mol. The summed E-state index contributed by atoms with van der Waals surface area (Å²) in [5.74, 6) is 0.0464. The zero-order valence-corrected chi connectivity index (χ0v) is 14.5. The van der Waals surface area contributed by atoms with Crippen molar-refractivity contribution >= 4 is 28.8 Å². The third kappa shape index (κ3) is 5.44. The Kier molecular flexibility index (Phi) is 6.43. The maximum atomic E-state index is 12.1. The molecular formula is C17H21ClN2OS. The van der Waals surface area contributed by atoms with E-state index in [1.807, 2.05) is 24.3 Å². The van der Waals surface area contributed by atoms with Crippen LogP contribution in [0.2, 0.25) is 4.34 Å². The first-order valence-electron chi connectivity index (χ1n) is 7.35. The molecule has 5 heteroatoms. The third-order valence-corrected chi connectivity index (χ3v) is 4.65. The minimum absolute atomic E-state index is 0.0464. The molecule has 3 nitrogen and oxygen atoms in total. The summed E-state index contributed by atoms with van der Waals surface area (Å²) in [6.07, 6.45) is 0. The van der Waals surface area contributed by atoms with Gasteiger partial charge < -0.3 is 5.32 Å². The van der Waals surface area contributed by atoms with Gasteiger partial charge in [0.2, 0.25) is 5.91 Å². The van der Waals surface area contributed by atoms with E-state index in [0.717, 1.165) is 23.0 Å². The Bertz CT molecular complexity index is 609. The monoisotopic (exact) mass is 336 g/mol. The fraction of sp³-hybridized carbons (Fsp3) is 0.353. The number of benzene rings is 1. The number of nitrogens with zero attached hydrogens (tertiary/aromatic N) is 1. The number of carbonyl (C=O) groups is 1. The second-order valence-electron chi connectivity index (χ2n) is 5.27. The summed E-state index contributed by atoms with van der Waals surface area (Å²) >= 11 is 7.50. The summed E-state index contributed by atoms with van der Waals surface area (Å²) < 4.78 is 0.787. The molecule has 0 aliphatic carbocycles. The molecule has 0 atom stereocenters. The fourth-order valence-electron chi connectivity index (χ4n) is 2.10. The lowest BCUT2D eigenvalue weighted by atomic mass is 10.1. The molecule has 1 aromatic carbocycles. The molecule has 22 heavy (non-hydrogen) atoms. The largest absolute Gasteiger partial charge is 0.351 e. The number of rotatable bonds is 7. The van der Waals surface area contributed by atoms with Gasteiger partial charge in [0.1, 0.15) is 0 Å². The standard InChI is InChI=1S/C17H21ClN2OS/c1-3-20(11-15-8-9-16(18)22-15)12-17(21)19-10-14-6-4-13(2)5-7-14/h4-9H,3,10-12H2,1-2H3,(H,19,21). The summed E-state index contributed by atoms with van der Waals surface area (Å²) in [5.41, 5.74) is 2.34. The molecule has 0 aliphatic rings. The molecule has 2 aromatic rings. The maximum absolute atomic E-state index is 12.1. The van der Waals surface area contributed by atoms with E-state index in [0.29, 0.717) is 13.1 Å². The van der Waals surface area contributed by atoms with E-state index in [1.165, 1.54) is 10.4 Å². The van der Waals surface area contributed by atoms with E-state index >= 15 is 0 Å². The number of nitrogens with one attached hydrogen (secondary N) is 1. The maximum Gasteiger partial charge on any atom is 0.234 e. The summed E-state index contributed by atoms with van der Waals surface area (Å²) in [4.78, 5) is 15.4. The van der Waals surface area contributed by atoms with Gasteiger partial charge in [-0.05, 0) is 31.2 Å². The quantitative estimate of drug-likeness (QED) is 0.833. The molecule has 0 radical (unpaired) electrons. The molecule has 1 aromatic heterocycles. The lowest BCUT2D eigenvalue weighted by molar-refractivity contribution is -0.122. The summed E-state index contributed by atoms with van der Waals surface area (Å²) in [6.45, 7) is 6.67. The summed E-state index contributed by atoms with van der Waals surface area (Å²) in [5, 5.41) is 2.97. The highest BCUT2D eigenvalue weighted by Crippen LogP contribution is 2.22. The van der Waals surface area contributed by atoms with Crippen molar-refractivity contribution in [3.05, 3.63) is 56.7 Å². The van der Waals surface area contributed by atoms with Crippen LogP contribution in [-0.2, 0) is 17.9 Å². The van der Waals surface area contributed by atoms with Crippen LogP contribution in [0.1, 0.15) is 22.9 Å². The molecule has 1 N–H and O–H groups in total. The molecule has 0 fully saturated rings. The number of thiophene rings is 1. The van der Waals surface area contributed by atoms with E-state index in [9.17, 15) is 4.79 Å². The van der Waals surface area contributed by atoms with Gasteiger partial charge in [-0.25, -0.2) is 0 Å². The van der Waals surface area contributed by atoms with Crippen LogP contribution in [0.15, 0.2) is 36.4 Å². The van der Waals surface area contributed by atoms with Crippen LogP contribution in [0.3, 0.4) is 0 Å². The minimum Gasteiger partial charge on any atom is -0.351 e. The normalized spacial score (nSPS) is 10.9. The smallest absolute Gasteiger partial charge is 0.234 e. The first-order valence-corrected chi connectivity index (χ1v) is 8.55. The van der Waals surface area contributed by atoms with Crippen LogP contribution >= 0.6 is 22.9 Å². The van der Waals surface area contributed by atoms with E-state index in [4.69, 9.17) is 11.6 Å². The van der Waals surface area contributed by atoms with Gasteiger partial charge in [-0.2, -0.15) is 0 Å². The van der Waals surface area contributed by atoms with Gasteiger partial charge in [0.05, 0.1) is 10.9 Å². The highest BCUT2D eigenvalue weighted by atomic mass is 35.5. The Hall–Kier alpha value is -1.36. The van der Waals surface area contributed by atoms with E-state index in [1.54, 1.807) is 11.3 Å². The predicted octanol–water partition coefficient (Wildman–Crippen LogP) is 3.85. The lowest BCUT2D eigenvalue weighted by Crippen LogP contribution is -2.36. The zero-order chi connectivity index (χ0) is 15.9. The van der Waals surface area contributed by atoms with Gasteiger partial charge in [-0.1, -0.05) is 48.4 Å². The molecule has 0 unspecified atom stereocenters. The van der Waals surface area contributed by atoms with Crippen molar-refractivity contribution < 1.29 is 4.79 Å². The first-order chi connectivity index (χ1) is 10.6. The average molecular weight is 337 g/mol. The van der Waals surface area contributed by atoms with Crippen molar-refractivity contribution in [1.29, 1.82) is 0 Å². The third-order valence-electron chi connectivity index (χ3n) is 3.43. The zero-order valence-electron chi connectivity index (χ0n) is 12.9. The van der Waals surface area contributed by atoms with Gasteiger partial charge in [-0.3, -0.25) is 9.69 Å². The average Bonchev–Trinajstić information content (AvgIpc) is 2.91. The van der Waals surface area contributed by atoms with E-state index in [2.05, 4.69) is 36.2 Å². The van der Waals surface area contributed by atoms with Gasteiger partial charge in [0.15, 0.2) is 0 Å². The SMILES string of the molecule is CCN(CC(=O)NCc1ccc(C)cc1)Cc1ccc(Cl)s1. The molecule has 0 aliphatic heterocycles. The Balaban J connectivity index is 1.80. The molecular weight excluding hydrogens is 316 g/mol. The van der Waals surface area contributed by atoms with Crippen molar-refractivity contribution in [3.8, 4) is 0 Å². The van der Waals surface area contributed by atoms with Crippen molar-refractivity contribution in [1.82, 2.24) is 10.2 Å². The molecule has 2 rings (SSSR count). The van der Waals surface area contributed by atoms with Gasteiger partial charge in [0, 0.05) is 18.0 Å². The Labute approximate surface area is 140 Å². The highest BCUT2D eigenvalue weighted by Gasteiger charge is 2.10.